The van der Waals surface area contributed by atoms with Crippen molar-refractivity contribution < 1.29 is 0 Å². The van der Waals surface area contributed by atoms with Gasteiger partial charge in [0.2, 0.25) is 0 Å². The van der Waals surface area contributed by atoms with E-state index in [0.29, 0.717) is 5.11 Å². The van der Waals surface area contributed by atoms with Gasteiger partial charge >= 0.3 is 0 Å². The van der Waals surface area contributed by atoms with Crippen LogP contribution in [-0.2, 0) is 7.05 Å². The van der Waals surface area contributed by atoms with E-state index < -0.39 is 0 Å². The maximum atomic E-state index is 4.95. The van der Waals surface area contributed by atoms with Crippen molar-refractivity contribution in [2.24, 2.45) is 7.05 Å². The predicted octanol–water partition coefficient (Wildman–Crippen LogP) is 0.645. The molecule has 12 heavy (non-hydrogen) atoms. The lowest BCUT2D eigenvalue weighted by atomic mass is 10.4. The Kier molecular flexibility index (Phi) is 2.65. The first kappa shape index (κ1) is 8.99. The van der Waals surface area contributed by atoms with Gasteiger partial charge in [-0.2, -0.15) is 5.10 Å². The quantitative estimate of drug-likeness (QED) is 0.629. The largest absolute Gasteiger partial charge is 0.366 e. The zero-order chi connectivity index (χ0) is 9.14. The Hall–Kier alpha value is -1.10. The average Bonchev–Trinajstić information content (AvgIpc) is 2.36. The third-order valence-corrected chi connectivity index (χ3v) is 2.02. The lowest BCUT2D eigenvalue weighted by Crippen LogP contribution is -2.24. The molecule has 2 N–H and O–H groups in total. The highest BCUT2D eigenvalue weighted by Crippen LogP contribution is 2.11. The van der Waals surface area contributed by atoms with Crippen LogP contribution >= 0.6 is 12.2 Å². The van der Waals surface area contributed by atoms with Gasteiger partial charge in [-0.25, -0.2) is 0 Å². The molecule has 0 radical (unpaired) electrons. The summed E-state index contributed by atoms with van der Waals surface area (Å²) in [7, 11) is 3.67. The number of nitrogens with one attached hydrogen (secondary N) is 2. The van der Waals surface area contributed by atoms with Crippen molar-refractivity contribution in [3.05, 3.63) is 11.9 Å². The standard InChI is InChI=1S/C7H12N4S/c1-5-6(4-9-11(5)3)10-7(12)8-2/h4H,1-3H3,(H2,8,10,12). The SMILES string of the molecule is CNC(=S)Nc1cnn(C)c1C. The van der Waals surface area contributed by atoms with Crippen LogP contribution in [0.25, 0.3) is 0 Å². The zero-order valence-electron chi connectivity index (χ0n) is 7.38. The molecule has 1 rings (SSSR count). The highest BCUT2D eigenvalue weighted by molar-refractivity contribution is 7.80. The molecule has 0 unspecified atom stereocenters. The molecule has 5 heteroatoms. The third-order valence-electron chi connectivity index (χ3n) is 1.71. The second kappa shape index (κ2) is 3.53. The van der Waals surface area contributed by atoms with Crippen LogP contribution in [0.3, 0.4) is 0 Å². The Morgan fingerprint density at radius 2 is 2.33 bits per heavy atom. The summed E-state index contributed by atoms with van der Waals surface area (Å²) in [4.78, 5) is 0. The minimum absolute atomic E-state index is 0.603. The summed E-state index contributed by atoms with van der Waals surface area (Å²) in [5.41, 5.74) is 2.00. The Bertz CT molecular complexity index is 292. The molecule has 0 bridgehead atoms. The number of thiocarbonyl (C=S) groups is 1. The highest BCUT2D eigenvalue weighted by atomic mass is 32.1. The van der Waals surface area contributed by atoms with Crippen LogP contribution in [0.5, 0.6) is 0 Å². The van der Waals surface area contributed by atoms with Crippen LogP contribution in [-0.4, -0.2) is 21.9 Å². The number of nitrogens with zero attached hydrogens (tertiary/aromatic N) is 2. The van der Waals surface area contributed by atoms with Crippen molar-refractivity contribution in [3.8, 4) is 0 Å². The van der Waals surface area contributed by atoms with Crippen molar-refractivity contribution >= 4 is 23.0 Å². The second-order valence-corrected chi connectivity index (χ2v) is 2.88. The molecule has 0 spiro atoms. The van der Waals surface area contributed by atoms with E-state index in [4.69, 9.17) is 12.2 Å². The summed E-state index contributed by atoms with van der Waals surface area (Å²) in [6.07, 6.45) is 1.75. The van der Waals surface area contributed by atoms with E-state index in [1.165, 1.54) is 0 Å². The van der Waals surface area contributed by atoms with Gasteiger partial charge in [0.15, 0.2) is 5.11 Å². The second-order valence-electron chi connectivity index (χ2n) is 2.47. The summed E-state index contributed by atoms with van der Waals surface area (Å²) >= 11 is 4.95. The van der Waals surface area contributed by atoms with Gasteiger partial charge in [-0.15, -0.1) is 0 Å². The molecular weight excluding hydrogens is 172 g/mol. The van der Waals surface area contributed by atoms with Crippen LogP contribution in [0.4, 0.5) is 5.69 Å². The summed E-state index contributed by atoms with van der Waals surface area (Å²) < 4.78 is 1.79. The van der Waals surface area contributed by atoms with E-state index in [2.05, 4.69) is 15.7 Å². The van der Waals surface area contributed by atoms with E-state index in [-0.39, 0.29) is 0 Å². The van der Waals surface area contributed by atoms with Crippen molar-refractivity contribution in [2.45, 2.75) is 6.92 Å². The van der Waals surface area contributed by atoms with Gasteiger partial charge in [-0.05, 0) is 19.1 Å². The Morgan fingerprint density at radius 3 is 2.75 bits per heavy atom. The normalized spacial score (nSPS) is 9.58. The summed E-state index contributed by atoms with van der Waals surface area (Å²) in [6, 6.07) is 0. The maximum absolute atomic E-state index is 4.95. The number of aryl methyl sites for hydroxylation is 1. The molecule has 0 fully saturated rings. The lowest BCUT2D eigenvalue weighted by molar-refractivity contribution is 0.740. The highest BCUT2D eigenvalue weighted by Gasteiger charge is 2.03. The van der Waals surface area contributed by atoms with E-state index >= 15 is 0 Å². The zero-order valence-corrected chi connectivity index (χ0v) is 8.20. The van der Waals surface area contributed by atoms with E-state index in [1.54, 1.807) is 17.9 Å². The molecule has 0 aromatic carbocycles. The maximum Gasteiger partial charge on any atom is 0.170 e. The fourth-order valence-electron chi connectivity index (χ4n) is 0.806. The molecule has 0 aliphatic rings. The fourth-order valence-corrected chi connectivity index (χ4v) is 0.916. The van der Waals surface area contributed by atoms with Crippen molar-refractivity contribution in [1.82, 2.24) is 15.1 Å². The fraction of sp³-hybridized carbons (Fsp3) is 0.429. The molecule has 0 aliphatic carbocycles. The first-order chi connectivity index (χ1) is 5.65. The van der Waals surface area contributed by atoms with Gasteiger partial charge < -0.3 is 10.6 Å². The van der Waals surface area contributed by atoms with Gasteiger partial charge in [-0.3, -0.25) is 4.68 Å². The molecule has 0 amide bonds. The number of hydrogen-bond acceptors (Lipinski definition) is 2. The number of rotatable bonds is 1. The topological polar surface area (TPSA) is 41.9 Å². The molecule has 1 aromatic rings. The van der Waals surface area contributed by atoms with Crippen LogP contribution in [0.2, 0.25) is 0 Å². The van der Waals surface area contributed by atoms with Crippen LogP contribution in [0.1, 0.15) is 5.69 Å². The minimum Gasteiger partial charge on any atom is -0.366 e. The first-order valence-corrected chi connectivity index (χ1v) is 4.03. The molecule has 1 aromatic heterocycles. The predicted molar refractivity (Wildman–Crippen MR) is 53.2 cm³/mol. The molecule has 0 atom stereocenters. The lowest BCUT2D eigenvalue weighted by Gasteiger charge is -2.05. The van der Waals surface area contributed by atoms with Gasteiger partial charge in [0.05, 0.1) is 17.6 Å². The third kappa shape index (κ3) is 1.73. The first-order valence-electron chi connectivity index (χ1n) is 3.62. The van der Waals surface area contributed by atoms with Crippen LogP contribution in [0, 0.1) is 6.92 Å². The monoisotopic (exact) mass is 184 g/mol. The van der Waals surface area contributed by atoms with Gasteiger partial charge in [-0.1, -0.05) is 0 Å². The summed E-state index contributed by atoms with van der Waals surface area (Å²) in [6.45, 7) is 1.98. The average molecular weight is 184 g/mol. The van der Waals surface area contributed by atoms with E-state index in [1.807, 2.05) is 14.0 Å². The molecule has 66 valence electrons. The van der Waals surface area contributed by atoms with Crippen molar-refractivity contribution in [2.75, 3.05) is 12.4 Å². The number of aromatic nitrogens is 2. The minimum atomic E-state index is 0.603. The summed E-state index contributed by atoms with van der Waals surface area (Å²) in [5, 5.41) is 10.5. The number of hydrogen-bond donors (Lipinski definition) is 2. The molecular formula is C7H12N4S. The van der Waals surface area contributed by atoms with Gasteiger partial charge in [0, 0.05) is 14.1 Å². The van der Waals surface area contributed by atoms with Gasteiger partial charge in [0.25, 0.3) is 0 Å². The Labute approximate surface area is 77.0 Å². The number of anilines is 1. The van der Waals surface area contributed by atoms with Crippen molar-refractivity contribution in [1.29, 1.82) is 0 Å². The molecule has 4 nitrogen and oxygen atoms in total. The van der Waals surface area contributed by atoms with E-state index in [0.717, 1.165) is 11.4 Å². The van der Waals surface area contributed by atoms with Crippen LogP contribution < -0.4 is 10.6 Å². The Morgan fingerprint density at radius 1 is 1.67 bits per heavy atom. The molecule has 0 aliphatic heterocycles. The molecule has 1 heterocycles. The Balaban J connectivity index is 2.76. The molecule has 0 saturated heterocycles. The molecule has 0 saturated carbocycles. The smallest absolute Gasteiger partial charge is 0.170 e. The van der Waals surface area contributed by atoms with Gasteiger partial charge in [0.1, 0.15) is 0 Å². The summed E-state index contributed by atoms with van der Waals surface area (Å²) in [5.74, 6) is 0. The van der Waals surface area contributed by atoms with Crippen LogP contribution in [0.15, 0.2) is 6.20 Å². The van der Waals surface area contributed by atoms with Crippen molar-refractivity contribution in [3.63, 3.8) is 0 Å². The van der Waals surface area contributed by atoms with E-state index in [9.17, 15) is 0 Å².